The third-order valence-electron chi connectivity index (χ3n) is 5.27. The second-order valence-corrected chi connectivity index (χ2v) is 6.93. The van der Waals surface area contributed by atoms with Crippen molar-refractivity contribution in [2.75, 3.05) is 6.61 Å². The summed E-state index contributed by atoms with van der Waals surface area (Å²) >= 11 is 0. The zero-order valence-corrected chi connectivity index (χ0v) is 14.8. The van der Waals surface area contributed by atoms with E-state index >= 15 is 0 Å². The largest absolute Gasteiger partial charge is 0.488 e. The average Bonchev–Trinajstić information content (AvgIpc) is 3.17. The summed E-state index contributed by atoms with van der Waals surface area (Å²) in [7, 11) is 0. The first kappa shape index (κ1) is 16.0. The minimum atomic E-state index is -0.429. The predicted octanol–water partition coefficient (Wildman–Crippen LogP) is 2.72. The van der Waals surface area contributed by atoms with Crippen LogP contribution in [0.3, 0.4) is 0 Å². The Kier molecular flexibility index (Phi) is 3.37. The Hall–Kier alpha value is -3.16. The first-order valence-electron chi connectivity index (χ1n) is 8.76. The lowest BCUT2D eigenvalue weighted by molar-refractivity contribution is 0.0897. The number of benzene rings is 1. The van der Waals surface area contributed by atoms with E-state index in [9.17, 15) is 9.18 Å². The number of ether oxygens (including phenoxy) is 1. The molecule has 4 heterocycles. The second kappa shape index (κ2) is 5.67. The van der Waals surface area contributed by atoms with E-state index < -0.39 is 11.9 Å². The smallest absolute Gasteiger partial charge is 0.327 e. The van der Waals surface area contributed by atoms with Crippen LogP contribution in [0.5, 0.6) is 5.75 Å². The van der Waals surface area contributed by atoms with Gasteiger partial charge in [0.2, 0.25) is 0 Å². The lowest BCUT2D eigenvalue weighted by atomic mass is 9.89. The number of halogens is 1. The van der Waals surface area contributed by atoms with Crippen molar-refractivity contribution in [1.82, 2.24) is 14.5 Å². The molecule has 2 aliphatic rings. The summed E-state index contributed by atoms with van der Waals surface area (Å²) in [6.07, 6.45) is 1.03. The molecule has 0 radical (unpaired) electrons. The normalized spacial score (nSPS) is 23.8. The maximum atomic E-state index is 13.2. The number of H-pyrrole nitrogens is 1. The molecule has 1 aromatic carbocycles. The molecule has 3 aromatic rings. The van der Waals surface area contributed by atoms with Crippen molar-refractivity contribution in [3.05, 3.63) is 58.0 Å². The summed E-state index contributed by atoms with van der Waals surface area (Å²) in [5.74, 6) is 0.194. The molecule has 2 aromatic heterocycles. The van der Waals surface area contributed by atoms with Crippen LogP contribution >= 0.6 is 0 Å². The number of nitrogens with one attached hydrogen (secondary N) is 1. The molecule has 7 nitrogen and oxygen atoms in total. The van der Waals surface area contributed by atoms with Gasteiger partial charge in [0.05, 0.1) is 29.0 Å². The van der Waals surface area contributed by atoms with Crippen LogP contribution < -0.4 is 10.4 Å². The number of hydrogen-bond donors (Lipinski definition) is 1. The van der Waals surface area contributed by atoms with E-state index in [4.69, 9.17) is 9.57 Å². The van der Waals surface area contributed by atoms with E-state index in [0.717, 1.165) is 17.5 Å². The number of hydrogen-bond acceptors (Lipinski definition) is 5. The van der Waals surface area contributed by atoms with Crippen molar-refractivity contribution < 1.29 is 14.0 Å². The molecule has 1 N–H and O–H groups in total. The van der Waals surface area contributed by atoms with Gasteiger partial charge < -0.3 is 14.6 Å². The van der Waals surface area contributed by atoms with Gasteiger partial charge in [-0.3, -0.25) is 9.55 Å². The summed E-state index contributed by atoms with van der Waals surface area (Å²) in [5, 5.41) is 4.09. The Bertz CT molecular complexity index is 1130. The van der Waals surface area contributed by atoms with E-state index in [-0.39, 0.29) is 24.3 Å². The molecule has 2 aliphatic heterocycles. The molecule has 0 fully saturated rings. The van der Waals surface area contributed by atoms with Crippen LogP contribution in [0, 0.1) is 5.82 Å². The third-order valence-corrected chi connectivity index (χ3v) is 5.27. The second-order valence-electron chi connectivity index (χ2n) is 6.93. The van der Waals surface area contributed by atoms with Gasteiger partial charge in [0.1, 0.15) is 35.8 Å². The van der Waals surface area contributed by atoms with Crippen molar-refractivity contribution in [3.63, 3.8) is 0 Å². The maximum Gasteiger partial charge on any atom is 0.327 e. The molecule has 0 spiro atoms. The third kappa shape index (κ3) is 2.29. The fraction of sp³-hybridized carbons (Fsp3) is 0.316. The standard InChI is InChI=1S/C19H17FN4O3/c1-9-16(10(2)27-23-9)12-4-6-14-17-18(12)26-8-15(24(17)19(25)22-14)13-5-3-11(20)7-21-13/h3-7,10,15-16H,8H2,1-2H3,(H,22,25). The average molecular weight is 368 g/mol. The zero-order valence-electron chi connectivity index (χ0n) is 14.8. The van der Waals surface area contributed by atoms with Crippen LogP contribution in [0.25, 0.3) is 11.0 Å². The van der Waals surface area contributed by atoms with Crippen molar-refractivity contribution in [3.8, 4) is 5.75 Å². The lowest BCUT2D eigenvalue weighted by Crippen LogP contribution is -2.32. The molecular formula is C19H17FN4O3. The van der Waals surface area contributed by atoms with E-state index in [1.807, 2.05) is 26.0 Å². The van der Waals surface area contributed by atoms with Gasteiger partial charge in [0.15, 0.2) is 0 Å². The molecule has 3 unspecified atom stereocenters. The first-order chi connectivity index (χ1) is 13.0. The molecular weight excluding hydrogens is 351 g/mol. The highest BCUT2D eigenvalue weighted by Crippen LogP contribution is 2.42. The lowest BCUT2D eigenvalue weighted by Gasteiger charge is -2.28. The van der Waals surface area contributed by atoms with E-state index in [1.165, 1.54) is 6.07 Å². The summed E-state index contributed by atoms with van der Waals surface area (Å²) in [5.41, 5.74) is 3.51. The fourth-order valence-corrected chi connectivity index (χ4v) is 4.04. The monoisotopic (exact) mass is 368 g/mol. The van der Waals surface area contributed by atoms with Crippen molar-refractivity contribution in [1.29, 1.82) is 0 Å². The van der Waals surface area contributed by atoms with Gasteiger partial charge >= 0.3 is 5.69 Å². The van der Waals surface area contributed by atoms with Crippen LogP contribution in [-0.2, 0) is 4.84 Å². The van der Waals surface area contributed by atoms with E-state index in [1.54, 1.807) is 10.6 Å². The molecule has 3 atom stereocenters. The Labute approximate surface area is 153 Å². The van der Waals surface area contributed by atoms with E-state index in [0.29, 0.717) is 22.5 Å². The number of aromatic nitrogens is 3. The van der Waals surface area contributed by atoms with Gasteiger partial charge in [0.25, 0.3) is 0 Å². The van der Waals surface area contributed by atoms with Gasteiger partial charge in [-0.25, -0.2) is 9.18 Å². The van der Waals surface area contributed by atoms with Gasteiger partial charge in [-0.2, -0.15) is 0 Å². The molecule has 0 saturated heterocycles. The van der Waals surface area contributed by atoms with Crippen LogP contribution in [-0.4, -0.2) is 33.0 Å². The van der Waals surface area contributed by atoms with E-state index in [2.05, 4.69) is 15.1 Å². The highest BCUT2D eigenvalue weighted by atomic mass is 19.1. The van der Waals surface area contributed by atoms with Gasteiger partial charge in [-0.15, -0.1) is 0 Å². The van der Waals surface area contributed by atoms with Crippen molar-refractivity contribution in [2.45, 2.75) is 31.9 Å². The van der Waals surface area contributed by atoms with Gasteiger partial charge in [-0.05, 0) is 32.0 Å². The topological polar surface area (TPSA) is 81.5 Å². The highest BCUT2D eigenvalue weighted by molar-refractivity contribution is 5.94. The summed E-state index contributed by atoms with van der Waals surface area (Å²) in [4.78, 5) is 25.1. The Morgan fingerprint density at radius 1 is 1.30 bits per heavy atom. The number of aromatic amines is 1. The van der Waals surface area contributed by atoms with Crippen molar-refractivity contribution >= 4 is 16.7 Å². The number of nitrogens with zero attached hydrogens (tertiary/aromatic N) is 3. The molecule has 8 heteroatoms. The zero-order chi connectivity index (χ0) is 18.7. The highest BCUT2D eigenvalue weighted by Gasteiger charge is 2.36. The molecule has 0 saturated carbocycles. The van der Waals surface area contributed by atoms with Gasteiger partial charge in [0, 0.05) is 5.56 Å². The molecule has 5 rings (SSSR count). The number of pyridine rings is 1. The molecule has 0 amide bonds. The fourth-order valence-electron chi connectivity index (χ4n) is 4.04. The number of rotatable bonds is 2. The SMILES string of the molecule is CC1=NOC(C)C1c1ccc2[nH]c(=O)n3c2c1OCC3c1ccc(F)cn1. The molecule has 0 bridgehead atoms. The Balaban J connectivity index is 1.72. The van der Waals surface area contributed by atoms with Crippen LogP contribution in [0.1, 0.15) is 37.1 Å². The van der Waals surface area contributed by atoms with Crippen LogP contribution in [0.4, 0.5) is 4.39 Å². The molecule has 138 valence electrons. The van der Waals surface area contributed by atoms with Crippen LogP contribution in [0.15, 0.2) is 40.4 Å². The molecule has 27 heavy (non-hydrogen) atoms. The first-order valence-corrected chi connectivity index (χ1v) is 8.76. The quantitative estimate of drug-likeness (QED) is 0.754. The number of imidazole rings is 1. The summed E-state index contributed by atoms with van der Waals surface area (Å²) in [6, 6.07) is 6.30. The van der Waals surface area contributed by atoms with Crippen LogP contribution in [0.2, 0.25) is 0 Å². The Morgan fingerprint density at radius 2 is 2.15 bits per heavy atom. The summed E-state index contributed by atoms with van der Waals surface area (Å²) in [6.45, 7) is 4.11. The Morgan fingerprint density at radius 3 is 2.85 bits per heavy atom. The minimum absolute atomic E-state index is 0.0386. The number of oxime groups is 1. The molecule has 0 aliphatic carbocycles. The maximum absolute atomic E-state index is 13.2. The minimum Gasteiger partial charge on any atom is -0.488 e. The van der Waals surface area contributed by atoms with Gasteiger partial charge in [-0.1, -0.05) is 11.2 Å². The van der Waals surface area contributed by atoms with Crippen molar-refractivity contribution in [2.24, 2.45) is 5.16 Å². The summed E-state index contributed by atoms with van der Waals surface area (Å²) < 4.78 is 21.0. The predicted molar refractivity (Wildman–Crippen MR) is 96.8 cm³/mol.